The lowest BCUT2D eigenvalue weighted by molar-refractivity contribution is 0.160. The van der Waals surface area contributed by atoms with Crippen molar-refractivity contribution in [1.29, 1.82) is 0 Å². The second-order valence-electron chi connectivity index (χ2n) is 7.99. The highest BCUT2D eigenvalue weighted by Gasteiger charge is 2.18. The lowest BCUT2D eigenvalue weighted by Crippen LogP contribution is -2.35. The number of aromatic nitrogens is 2. The van der Waals surface area contributed by atoms with Gasteiger partial charge in [0.1, 0.15) is 23.8 Å². The van der Waals surface area contributed by atoms with Crippen LogP contribution in [0.15, 0.2) is 48.5 Å². The van der Waals surface area contributed by atoms with Gasteiger partial charge in [-0.3, -0.25) is 10.00 Å². The molecule has 3 aromatic rings. The first kappa shape index (κ1) is 19.5. The fraction of sp³-hybridized carbons (Fsp3) is 0.375. The highest BCUT2D eigenvalue weighted by atomic mass is 16.5. The summed E-state index contributed by atoms with van der Waals surface area (Å²) in [6.45, 7) is 8.16. The summed E-state index contributed by atoms with van der Waals surface area (Å²) in [4.78, 5) is 2.45. The molecule has 0 amide bonds. The van der Waals surface area contributed by atoms with E-state index in [-0.39, 0.29) is 5.75 Å². The molecule has 152 valence electrons. The molecule has 5 heteroatoms. The number of phenolic OH excluding ortho intramolecular Hbond substituents is 1. The maximum Gasteiger partial charge on any atom is 0.128 e. The third kappa shape index (κ3) is 4.46. The molecular formula is C24H29N3O2. The molecule has 1 saturated heterocycles. The molecule has 2 N–H and O–H groups in total. The predicted molar refractivity (Wildman–Crippen MR) is 116 cm³/mol. The smallest absolute Gasteiger partial charge is 0.128 e. The number of H-pyrrole nitrogens is 1. The van der Waals surface area contributed by atoms with Gasteiger partial charge in [-0.25, -0.2) is 0 Å². The average molecular weight is 392 g/mol. The molecule has 2 aromatic carbocycles. The molecule has 0 spiro atoms. The number of likely N-dealkylation sites (tertiary alicyclic amines) is 1. The van der Waals surface area contributed by atoms with Crippen LogP contribution >= 0.6 is 0 Å². The zero-order valence-corrected chi connectivity index (χ0v) is 17.2. The number of aryl methyl sites for hydroxylation is 1. The molecule has 4 rings (SSSR count). The molecule has 0 atom stereocenters. The van der Waals surface area contributed by atoms with Gasteiger partial charge in [0.25, 0.3) is 0 Å². The second-order valence-corrected chi connectivity index (χ2v) is 7.99. The molecule has 29 heavy (non-hydrogen) atoms. The zero-order valence-electron chi connectivity index (χ0n) is 17.2. The number of piperidine rings is 1. The minimum absolute atomic E-state index is 0.179. The molecule has 1 aliphatic rings. The monoisotopic (exact) mass is 391 g/mol. The largest absolute Gasteiger partial charge is 0.507 e. The van der Waals surface area contributed by atoms with Gasteiger partial charge >= 0.3 is 0 Å². The van der Waals surface area contributed by atoms with Gasteiger partial charge in [-0.2, -0.15) is 5.10 Å². The SMILES string of the molecule is Cc1[nH]nc(-c2ccc(OCCN3CCC(C)CC3)cc2O)c1-c1ccccc1. The van der Waals surface area contributed by atoms with Gasteiger partial charge in [0.05, 0.1) is 0 Å². The Morgan fingerprint density at radius 3 is 2.62 bits per heavy atom. The minimum Gasteiger partial charge on any atom is -0.507 e. The Labute approximate surface area is 172 Å². The summed E-state index contributed by atoms with van der Waals surface area (Å²) < 4.78 is 5.90. The molecule has 0 unspecified atom stereocenters. The van der Waals surface area contributed by atoms with Crippen molar-refractivity contribution >= 4 is 0 Å². The topological polar surface area (TPSA) is 61.4 Å². The van der Waals surface area contributed by atoms with E-state index in [1.165, 1.54) is 12.8 Å². The van der Waals surface area contributed by atoms with Gasteiger partial charge in [0.15, 0.2) is 0 Å². The van der Waals surface area contributed by atoms with Crippen LogP contribution in [0.1, 0.15) is 25.5 Å². The van der Waals surface area contributed by atoms with Crippen LogP contribution in [0.5, 0.6) is 11.5 Å². The predicted octanol–water partition coefficient (Wildman–Crippen LogP) is 4.87. The van der Waals surface area contributed by atoms with Crippen molar-refractivity contribution in [2.45, 2.75) is 26.7 Å². The van der Waals surface area contributed by atoms with Crippen molar-refractivity contribution in [2.75, 3.05) is 26.2 Å². The number of ether oxygens (including phenoxy) is 1. The molecule has 0 saturated carbocycles. The number of benzene rings is 2. The Hall–Kier alpha value is -2.79. The van der Waals surface area contributed by atoms with E-state index in [0.717, 1.165) is 48.1 Å². The molecule has 0 aliphatic carbocycles. The first-order valence-corrected chi connectivity index (χ1v) is 10.4. The lowest BCUT2D eigenvalue weighted by Gasteiger charge is -2.29. The van der Waals surface area contributed by atoms with Crippen LogP contribution in [-0.2, 0) is 0 Å². The second kappa shape index (κ2) is 8.70. The van der Waals surface area contributed by atoms with E-state index in [9.17, 15) is 5.11 Å². The van der Waals surface area contributed by atoms with E-state index in [4.69, 9.17) is 4.74 Å². The van der Waals surface area contributed by atoms with E-state index in [1.54, 1.807) is 6.07 Å². The summed E-state index contributed by atoms with van der Waals surface area (Å²) in [5.41, 5.74) is 4.51. The number of hydrogen-bond acceptors (Lipinski definition) is 4. The molecule has 0 bridgehead atoms. The average Bonchev–Trinajstić information content (AvgIpc) is 3.11. The summed E-state index contributed by atoms with van der Waals surface area (Å²) in [6, 6.07) is 15.6. The van der Waals surface area contributed by atoms with Crippen molar-refractivity contribution in [3.05, 3.63) is 54.2 Å². The van der Waals surface area contributed by atoms with Crippen LogP contribution in [0.25, 0.3) is 22.4 Å². The normalized spacial score (nSPS) is 15.5. The van der Waals surface area contributed by atoms with Gasteiger partial charge in [0, 0.05) is 29.4 Å². The maximum absolute atomic E-state index is 10.7. The molecule has 1 aliphatic heterocycles. The van der Waals surface area contributed by atoms with Gasteiger partial charge < -0.3 is 9.84 Å². The third-order valence-electron chi connectivity index (χ3n) is 5.79. The van der Waals surface area contributed by atoms with Crippen LogP contribution < -0.4 is 4.74 Å². The van der Waals surface area contributed by atoms with E-state index in [2.05, 4.69) is 34.2 Å². The van der Waals surface area contributed by atoms with Crippen molar-refractivity contribution in [3.63, 3.8) is 0 Å². The summed E-state index contributed by atoms with van der Waals surface area (Å²) in [6.07, 6.45) is 2.53. The zero-order chi connectivity index (χ0) is 20.2. The number of aromatic hydroxyl groups is 1. The van der Waals surface area contributed by atoms with E-state index < -0.39 is 0 Å². The summed E-state index contributed by atoms with van der Waals surface area (Å²) in [7, 11) is 0. The fourth-order valence-electron chi connectivity index (χ4n) is 3.96. The Bertz CT molecular complexity index is 944. The summed E-state index contributed by atoms with van der Waals surface area (Å²) in [5, 5.41) is 18.2. The molecule has 2 heterocycles. The van der Waals surface area contributed by atoms with Crippen LogP contribution in [0.3, 0.4) is 0 Å². The summed E-state index contributed by atoms with van der Waals surface area (Å²) >= 11 is 0. The van der Waals surface area contributed by atoms with Crippen LogP contribution in [0.4, 0.5) is 0 Å². The standard InChI is InChI=1S/C24H29N3O2/c1-17-10-12-27(13-11-17)14-15-29-20-8-9-21(22(28)16-20)24-23(18(2)25-26-24)19-6-4-3-5-7-19/h3-9,16-17,28H,10-15H2,1-2H3,(H,25,26). The first-order chi connectivity index (χ1) is 14.1. The minimum atomic E-state index is 0.179. The maximum atomic E-state index is 10.7. The highest BCUT2D eigenvalue weighted by Crippen LogP contribution is 2.38. The van der Waals surface area contributed by atoms with Gasteiger partial charge in [-0.1, -0.05) is 37.3 Å². The van der Waals surface area contributed by atoms with Crippen LogP contribution in [0, 0.1) is 12.8 Å². The van der Waals surface area contributed by atoms with Gasteiger partial charge in [-0.15, -0.1) is 0 Å². The molecule has 0 radical (unpaired) electrons. The van der Waals surface area contributed by atoms with Gasteiger partial charge in [-0.05, 0) is 56.5 Å². The Kier molecular flexibility index (Phi) is 5.86. The molecule has 5 nitrogen and oxygen atoms in total. The Balaban J connectivity index is 1.46. The van der Waals surface area contributed by atoms with Gasteiger partial charge in [0.2, 0.25) is 0 Å². The van der Waals surface area contributed by atoms with Crippen molar-refractivity contribution in [3.8, 4) is 33.9 Å². The quantitative estimate of drug-likeness (QED) is 0.629. The molecule has 1 aromatic heterocycles. The number of nitrogens with zero attached hydrogens (tertiary/aromatic N) is 2. The van der Waals surface area contributed by atoms with Crippen LogP contribution in [-0.4, -0.2) is 46.4 Å². The van der Waals surface area contributed by atoms with Crippen molar-refractivity contribution in [1.82, 2.24) is 15.1 Å². The number of aromatic amines is 1. The fourth-order valence-corrected chi connectivity index (χ4v) is 3.96. The summed E-state index contributed by atoms with van der Waals surface area (Å²) in [5.74, 6) is 1.70. The number of hydrogen-bond donors (Lipinski definition) is 2. The highest BCUT2D eigenvalue weighted by molar-refractivity contribution is 5.85. The van der Waals surface area contributed by atoms with E-state index in [0.29, 0.717) is 17.9 Å². The van der Waals surface area contributed by atoms with E-state index in [1.807, 2.05) is 37.3 Å². The third-order valence-corrected chi connectivity index (χ3v) is 5.79. The molecule has 1 fully saturated rings. The number of nitrogens with one attached hydrogen (secondary N) is 1. The van der Waals surface area contributed by atoms with E-state index >= 15 is 0 Å². The first-order valence-electron chi connectivity index (χ1n) is 10.4. The van der Waals surface area contributed by atoms with Crippen molar-refractivity contribution in [2.24, 2.45) is 5.92 Å². The van der Waals surface area contributed by atoms with Crippen molar-refractivity contribution < 1.29 is 9.84 Å². The number of phenols is 1. The molecular weight excluding hydrogens is 362 g/mol. The number of rotatable bonds is 6. The van der Waals surface area contributed by atoms with Crippen LogP contribution in [0.2, 0.25) is 0 Å². The Morgan fingerprint density at radius 1 is 1.14 bits per heavy atom. The Morgan fingerprint density at radius 2 is 1.90 bits per heavy atom. The lowest BCUT2D eigenvalue weighted by atomic mass is 9.99.